The second kappa shape index (κ2) is 7.66. The summed E-state index contributed by atoms with van der Waals surface area (Å²) in [6.07, 6.45) is 1.68. The van der Waals surface area contributed by atoms with Gasteiger partial charge in [-0.25, -0.2) is 12.8 Å². The van der Waals surface area contributed by atoms with Crippen molar-refractivity contribution in [1.29, 1.82) is 0 Å². The Labute approximate surface area is 158 Å². The summed E-state index contributed by atoms with van der Waals surface area (Å²) in [6.45, 7) is 2.52. The number of nitrogens with one attached hydrogen (secondary N) is 1. The van der Waals surface area contributed by atoms with Gasteiger partial charge in [0.25, 0.3) is 15.9 Å². The number of carbonyl (C=O) groups is 1. The van der Waals surface area contributed by atoms with E-state index in [1.165, 1.54) is 25.1 Å². The molecule has 1 saturated heterocycles. The molecule has 1 atom stereocenters. The number of rotatable bonds is 4. The van der Waals surface area contributed by atoms with Gasteiger partial charge in [0, 0.05) is 19.1 Å². The third-order valence-corrected chi connectivity index (χ3v) is 5.95. The van der Waals surface area contributed by atoms with Crippen LogP contribution in [0, 0.1) is 12.7 Å². The van der Waals surface area contributed by atoms with Crippen LogP contribution in [0.5, 0.6) is 0 Å². The monoisotopic (exact) mass is 391 g/mol. The van der Waals surface area contributed by atoms with E-state index in [4.69, 9.17) is 5.73 Å². The van der Waals surface area contributed by atoms with Crippen LogP contribution in [-0.4, -0.2) is 38.4 Å². The summed E-state index contributed by atoms with van der Waals surface area (Å²) in [5, 5.41) is 0. The van der Waals surface area contributed by atoms with E-state index in [1.807, 2.05) is 0 Å². The van der Waals surface area contributed by atoms with Gasteiger partial charge in [-0.05, 0) is 55.7 Å². The number of nitrogens with two attached hydrogens (primary N) is 1. The van der Waals surface area contributed by atoms with Crippen molar-refractivity contribution >= 4 is 21.6 Å². The number of hydrogen-bond donors (Lipinski definition) is 2. The van der Waals surface area contributed by atoms with Gasteiger partial charge in [-0.3, -0.25) is 9.52 Å². The average molecular weight is 391 g/mol. The number of nitrogens with zero attached hydrogens (tertiary/aromatic N) is 1. The maximum absolute atomic E-state index is 13.4. The Bertz CT molecular complexity index is 962. The van der Waals surface area contributed by atoms with E-state index in [0.717, 1.165) is 18.9 Å². The van der Waals surface area contributed by atoms with Crippen LogP contribution in [0.3, 0.4) is 0 Å². The Kier molecular flexibility index (Phi) is 5.48. The van der Waals surface area contributed by atoms with E-state index in [9.17, 15) is 17.6 Å². The fourth-order valence-corrected chi connectivity index (χ4v) is 4.28. The molecule has 1 aliphatic rings. The van der Waals surface area contributed by atoms with Gasteiger partial charge in [0.2, 0.25) is 0 Å². The quantitative estimate of drug-likeness (QED) is 0.838. The van der Waals surface area contributed by atoms with Crippen LogP contribution in [0.15, 0.2) is 47.4 Å². The molecule has 1 heterocycles. The number of likely N-dealkylation sites (tertiary alicyclic amines) is 1. The molecule has 6 nitrogen and oxygen atoms in total. The first kappa shape index (κ1) is 19.3. The van der Waals surface area contributed by atoms with Crippen molar-refractivity contribution in [2.45, 2.75) is 30.7 Å². The first-order chi connectivity index (χ1) is 12.8. The van der Waals surface area contributed by atoms with Gasteiger partial charge >= 0.3 is 0 Å². The Hall–Kier alpha value is -2.45. The van der Waals surface area contributed by atoms with Crippen LogP contribution < -0.4 is 10.5 Å². The summed E-state index contributed by atoms with van der Waals surface area (Å²) in [7, 11) is -3.96. The molecule has 1 amide bonds. The van der Waals surface area contributed by atoms with Gasteiger partial charge in [0.05, 0.1) is 16.1 Å². The van der Waals surface area contributed by atoms with E-state index < -0.39 is 15.8 Å². The summed E-state index contributed by atoms with van der Waals surface area (Å²) in [5.74, 6) is -0.746. The zero-order chi connectivity index (χ0) is 19.6. The van der Waals surface area contributed by atoms with Gasteiger partial charge < -0.3 is 10.6 Å². The molecule has 3 N–H and O–H groups in total. The predicted octanol–water partition coefficient (Wildman–Crippen LogP) is 2.50. The van der Waals surface area contributed by atoms with Gasteiger partial charge in [0.15, 0.2) is 0 Å². The molecular weight excluding hydrogens is 369 g/mol. The molecule has 1 unspecified atom stereocenters. The van der Waals surface area contributed by atoms with Crippen molar-refractivity contribution in [1.82, 2.24) is 4.90 Å². The number of carbonyl (C=O) groups excluding carboxylic acids is 1. The lowest BCUT2D eigenvalue weighted by atomic mass is 10.0. The SMILES string of the molecule is Cc1cc(S(=O)(=O)Nc2ccccc2C(=O)N2CCCC(N)C2)ccc1F. The van der Waals surface area contributed by atoms with Crippen LogP contribution in [-0.2, 0) is 10.0 Å². The smallest absolute Gasteiger partial charge is 0.261 e. The van der Waals surface area contributed by atoms with Crippen molar-refractivity contribution in [3.8, 4) is 0 Å². The molecule has 0 spiro atoms. The maximum atomic E-state index is 13.4. The van der Waals surface area contributed by atoms with Crippen LogP contribution in [0.2, 0.25) is 0 Å². The Balaban J connectivity index is 1.89. The number of piperidine rings is 1. The maximum Gasteiger partial charge on any atom is 0.261 e. The largest absolute Gasteiger partial charge is 0.337 e. The van der Waals surface area contributed by atoms with Crippen molar-refractivity contribution in [2.24, 2.45) is 5.73 Å². The molecule has 0 saturated carbocycles. The molecule has 0 radical (unpaired) electrons. The lowest BCUT2D eigenvalue weighted by Crippen LogP contribution is -2.45. The molecule has 2 aromatic rings. The van der Waals surface area contributed by atoms with Crippen molar-refractivity contribution in [3.05, 3.63) is 59.4 Å². The highest BCUT2D eigenvalue weighted by molar-refractivity contribution is 7.92. The fraction of sp³-hybridized carbons (Fsp3) is 0.316. The molecule has 1 fully saturated rings. The number of amides is 1. The molecule has 27 heavy (non-hydrogen) atoms. The Morgan fingerprint density at radius 2 is 2.00 bits per heavy atom. The minimum atomic E-state index is -3.96. The van der Waals surface area contributed by atoms with Crippen LogP contribution in [0.1, 0.15) is 28.8 Å². The zero-order valence-electron chi connectivity index (χ0n) is 15.0. The van der Waals surface area contributed by atoms with Crippen molar-refractivity contribution < 1.29 is 17.6 Å². The van der Waals surface area contributed by atoms with Crippen molar-refractivity contribution in [2.75, 3.05) is 17.8 Å². The molecule has 3 rings (SSSR count). The summed E-state index contributed by atoms with van der Waals surface area (Å²) in [6, 6.07) is 9.92. The second-order valence-electron chi connectivity index (χ2n) is 6.72. The zero-order valence-corrected chi connectivity index (χ0v) is 15.8. The molecule has 0 aliphatic carbocycles. The number of sulfonamides is 1. The van der Waals surface area contributed by atoms with E-state index in [0.29, 0.717) is 13.1 Å². The highest BCUT2D eigenvalue weighted by atomic mass is 32.2. The molecule has 0 bridgehead atoms. The van der Waals surface area contributed by atoms with Crippen LogP contribution in [0.4, 0.5) is 10.1 Å². The minimum Gasteiger partial charge on any atom is -0.337 e. The Morgan fingerprint density at radius 3 is 2.70 bits per heavy atom. The van der Waals surface area contributed by atoms with Gasteiger partial charge in [-0.15, -0.1) is 0 Å². The number of aryl methyl sites for hydroxylation is 1. The Morgan fingerprint density at radius 1 is 1.26 bits per heavy atom. The van der Waals surface area contributed by atoms with E-state index in [2.05, 4.69) is 4.72 Å². The molecule has 144 valence electrons. The summed E-state index contributed by atoms with van der Waals surface area (Å²) < 4.78 is 41.3. The molecule has 1 aliphatic heterocycles. The van der Waals surface area contributed by atoms with E-state index >= 15 is 0 Å². The highest BCUT2D eigenvalue weighted by Gasteiger charge is 2.25. The van der Waals surface area contributed by atoms with Crippen LogP contribution >= 0.6 is 0 Å². The van der Waals surface area contributed by atoms with E-state index in [1.54, 1.807) is 23.1 Å². The van der Waals surface area contributed by atoms with Crippen molar-refractivity contribution in [3.63, 3.8) is 0 Å². The number of halogens is 1. The lowest BCUT2D eigenvalue weighted by molar-refractivity contribution is 0.0710. The lowest BCUT2D eigenvalue weighted by Gasteiger charge is -2.31. The molecule has 0 aromatic heterocycles. The van der Waals surface area contributed by atoms with Gasteiger partial charge in [-0.2, -0.15) is 0 Å². The average Bonchev–Trinajstić information content (AvgIpc) is 2.63. The summed E-state index contributed by atoms with van der Waals surface area (Å²) in [5.41, 5.74) is 6.62. The third kappa shape index (κ3) is 4.28. The summed E-state index contributed by atoms with van der Waals surface area (Å²) in [4.78, 5) is 14.4. The first-order valence-corrected chi connectivity index (χ1v) is 10.2. The number of anilines is 1. The highest BCUT2D eigenvalue weighted by Crippen LogP contribution is 2.23. The van der Waals surface area contributed by atoms with Crippen LogP contribution in [0.25, 0.3) is 0 Å². The number of hydrogen-bond acceptors (Lipinski definition) is 4. The number of benzene rings is 2. The minimum absolute atomic E-state index is 0.0661. The fourth-order valence-electron chi connectivity index (χ4n) is 3.11. The summed E-state index contributed by atoms with van der Waals surface area (Å²) >= 11 is 0. The standard InChI is InChI=1S/C19H22FN3O3S/c1-13-11-15(8-9-17(13)20)27(25,26)22-18-7-3-2-6-16(18)19(24)23-10-4-5-14(21)12-23/h2-3,6-9,11,14,22H,4-5,10,12,21H2,1H3. The molecule has 8 heteroatoms. The molecular formula is C19H22FN3O3S. The first-order valence-electron chi connectivity index (χ1n) is 8.71. The van der Waals surface area contributed by atoms with Gasteiger partial charge in [-0.1, -0.05) is 12.1 Å². The van der Waals surface area contributed by atoms with E-state index in [-0.39, 0.29) is 33.7 Å². The molecule has 2 aromatic carbocycles. The third-order valence-electron chi connectivity index (χ3n) is 4.59. The van der Waals surface area contributed by atoms with Gasteiger partial charge in [0.1, 0.15) is 5.82 Å². The normalized spacial score (nSPS) is 17.6. The second-order valence-corrected chi connectivity index (χ2v) is 8.40. The number of para-hydroxylation sites is 1. The predicted molar refractivity (Wildman–Crippen MR) is 102 cm³/mol. The topological polar surface area (TPSA) is 92.5 Å².